The number of anilines is 2. The zero-order valence-corrected chi connectivity index (χ0v) is 13.9. The molecular weight excluding hydrogens is 308 g/mol. The van der Waals surface area contributed by atoms with Gasteiger partial charge in [-0.15, -0.1) is 0 Å². The van der Waals surface area contributed by atoms with Gasteiger partial charge in [0.2, 0.25) is 0 Å². The molecule has 0 amide bonds. The molecule has 0 unspecified atom stereocenters. The molecule has 1 fully saturated rings. The van der Waals surface area contributed by atoms with E-state index in [1.165, 1.54) is 11.3 Å². The molecule has 1 aliphatic heterocycles. The van der Waals surface area contributed by atoms with Gasteiger partial charge >= 0.3 is 0 Å². The number of nitrogens with one attached hydrogen (secondary N) is 2. The molecule has 0 saturated carbocycles. The molecule has 122 valence electrons. The Balaban J connectivity index is 1.78. The number of piperazine rings is 1. The lowest BCUT2D eigenvalue weighted by Crippen LogP contribution is -2.44. The van der Waals surface area contributed by atoms with Crippen LogP contribution in [0.2, 0.25) is 5.02 Å². The summed E-state index contributed by atoms with van der Waals surface area (Å²) in [6.07, 6.45) is 0. The molecule has 23 heavy (non-hydrogen) atoms. The first-order valence-electron chi connectivity index (χ1n) is 8.04. The number of nitrogens with zero attached hydrogens (tertiary/aromatic N) is 1. The van der Waals surface area contributed by atoms with E-state index < -0.39 is 0 Å². The minimum atomic E-state index is 0.526. The quantitative estimate of drug-likeness (QED) is 0.789. The van der Waals surface area contributed by atoms with E-state index in [0.717, 1.165) is 49.0 Å². The number of halogens is 1. The molecule has 0 atom stereocenters. The Kier molecular flexibility index (Phi) is 5.39. The van der Waals surface area contributed by atoms with E-state index in [1.54, 1.807) is 0 Å². The summed E-state index contributed by atoms with van der Waals surface area (Å²) < 4.78 is 0. The highest BCUT2D eigenvalue weighted by atomic mass is 35.5. The second-order valence-electron chi connectivity index (χ2n) is 5.73. The smallest absolute Gasteiger partial charge is 0.0433 e. The largest absolute Gasteiger partial charge is 0.381 e. The van der Waals surface area contributed by atoms with Crippen molar-refractivity contribution in [2.24, 2.45) is 5.73 Å². The van der Waals surface area contributed by atoms with Crippen LogP contribution in [0, 0.1) is 0 Å². The number of hydrogen-bond acceptors (Lipinski definition) is 4. The van der Waals surface area contributed by atoms with Crippen LogP contribution in [0.15, 0.2) is 42.5 Å². The molecule has 1 heterocycles. The lowest BCUT2D eigenvalue weighted by molar-refractivity contribution is 0.588. The Morgan fingerprint density at radius 3 is 2.65 bits per heavy atom. The topological polar surface area (TPSA) is 53.3 Å². The van der Waals surface area contributed by atoms with Crippen molar-refractivity contribution in [2.45, 2.75) is 13.1 Å². The Bertz CT molecular complexity index is 653. The number of hydrogen-bond donors (Lipinski definition) is 3. The Hall–Kier alpha value is -1.75. The number of rotatable bonds is 5. The highest BCUT2D eigenvalue weighted by Crippen LogP contribution is 2.28. The third-order valence-corrected chi connectivity index (χ3v) is 4.42. The van der Waals surface area contributed by atoms with Crippen molar-refractivity contribution in [3.8, 4) is 0 Å². The molecule has 5 heteroatoms. The Morgan fingerprint density at radius 1 is 1.13 bits per heavy atom. The molecule has 4 N–H and O–H groups in total. The van der Waals surface area contributed by atoms with E-state index in [-0.39, 0.29) is 0 Å². The molecule has 1 saturated heterocycles. The Morgan fingerprint density at radius 2 is 1.91 bits per heavy atom. The number of benzene rings is 2. The maximum atomic E-state index is 6.05. The van der Waals surface area contributed by atoms with Gasteiger partial charge in [-0.25, -0.2) is 0 Å². The molecule has 2 aromatic carbocycles. The van der Waals surface area contributed by atoms with Crippen LogP contribution in [0.25, 0.3) is 0 Å². The molecule has 0 bridgehead atoms. The zero-order chi connectivity index (χ0) is 16.1. The van der Waals surface area contributed by atoms with Crippen LogP contribution in [0.1, 0.15) is 11.1 Å². The summed E-state index contributed by atoms with van der Waals surface area (Å²) in [5, 5.41) is 7.66. The number of nitrogens with two attached hydrogens (primary N) is 1. The summed E-state index contributed by atoms with van der Waals surface area (Å²) in [6.45, 7) is 5.33. The third kappa shape index (κ3) is 3.96. The highest BCUT2D eigenvalue weighted by molar-refractivity contribution is 6.30. The van der Waals surface area contributed by atoms with Crippen LogP contribution in [0.5, 0.6) is 0 Å². The van der Waals surface area contributed by atoms with Gasteiger partial charge in [-0.05, 0) is 29.8 Å². The molecule has 0 radical (unpaired) electrons. The van der Waals surface area contributed by atoms with Gasteiger partial charge in [-0.3, -0.25) is 0 Å². The van der Waals surface area contributed by atoms with E-state index in [4.69, 9.17) is 17.3 Å². The van der Waals surface area contributed by atoms with Crippen LogP contribution in [-0.2, 0) is 13.1 Å². The van der Waals surface area contributed by atoms with E-state index in [0.29, 0.717) is 6.54 Å². The fraction of sp³-hybridized carbons (Fsp3) is 0.333. The van der Waals surface area contributed by atoms with Crippen molar-refractivity contribution < 1.29 is 0 Å². The molecule has 3 rings (SSSR count). The zero-order valence-electron chi connectivity index (χ0n) is 13.2. The minimum absolute atomic E-state index is 0.526. The fourth-order valence-corrected chi connectivity index (χ4v) is 3.21. The van der Waals surface area contributed by atoms with E-state index in [2.05, 4.69) is 39.8 Å². The standard InChI is InChI=1S/C18H23ClN4/c19-15-4-1-3-14(11-15)13-22-17-5-2-6-18(16(17)12-20)23-9-7-21-8-10-23/h1-6,11,21-22H,7-10,12-13,20H2. The van der Waals surface area contributed by atoms with Crippen molar-refractivity contribution in [3.63, 3.8) is 0 Å². The third-order valence-electron chi connectivity index (χ3n) is 4.19. The summed E-state index contributed by atoms with van der Waals surface area (Å²) in [5.41, 5.74) is 10.7. The first-order valence-corrected chi connectivity index (χ1v) is 8.41. The van der Waals surface area contributed by atoms with Gasteiger partial charge in [0, 0.05) is 61.2 Å². The monoisotopic (exact) mass is 330 g/mol. The van der Waals surface area contributed by atoms with Crippen LogP contribution in [0.4, 0.5) is 11.4 Å². The van der Waals surface area contributed by atoms with Crippen LogP contribution in [0.3, 0.4) is 0 Å². The average Bonchev–Trinajstić information content (AvgIpc) is 2.60. The van der Waals surface area contributed by atoms with Crippen LogP contribution in [-0.4, -0.2) is 26.2 Å². The summed E-state index contributed by atoms with van der Waals surface area (Å²) in [5.74, 6) is 0. The van der Waals surface area contributed by atoms with Crippen molar-refractivity contribution >= 4 is 23.0 Å². The van der Waals surface area contributed by atoms with E-state index in [9.17, 15) is 0 Å². The van der Waals surface area contributed by atoms with E-state index >= 15 is 0 Å². The first-order chi connectivity index (χ1) is 11.3. The maximum Gasteiger partial charge on any atom is 0.0433 e. The second kappa shape index (κ2) is 7.68. The molecular formula is C18H23ClN4. The van der Waals surface area contributed by atoms with Crippen molar-refractivity contribution in [1.29, 1.82) is 0 Å². The summed E-state index contributed by atoms with van der Waals surface area (Å²) >= 11 is 6.05. The molecule has 4 nitrogen and oxygen atoms in total. The van der Waals surface area contributed by atoms with Crippen molar-refractivity contribution in [1.82, 2.24) is 5.32 Å². The Labute approximate surface area is 142 Å². The maximum absolute atomic E-state index is 6.05. The molecule has 1 aliphatic rings. The predicted molar refractivity (Wildman–Crippen MR) is 98.2 cm³/mol. The summed E-state index contributed by atoms with van der Waals surface area (Å²) in [7, 11) is 0. The van der Waals surface area contributed by atoms with Gasteiger partial charge in [0.1, 0.15) is 0 Å². The predicted octanol–water partition coefficient (Wildman–Crippen LogP) is 2.82. The van der Waals surface area contributed by atoms with Gasteiger partial charge < -0.3 is 21.3 Å². The lowest BCUT2D eigenvalue weighted by Gasteiger charge is -2.32. The fourth-order valence-electron chi connectivity index (χ4n) is 3.00. The summed E-state index contributed by atoms with van der Waals surface area (Å²) in [4.78, 5) is 2.41. The van der Waals surface area contributed by atoms with Gasteiger partial charge in [-0.2, -0.15) is 0 Å². The average molecular weight is 331 g/mol. The second-order valence-corrected chi connectivity index (χ2v) is 6.16. The van der Waals surface area contributed by atoms with Crippen molar-refractivity contribution in [3.05, 3.63) is 58.6 Å². The van der Waals surface area contributed by atoms with E-state index in [1.807, 2.05) is 18.2 Å². The van der Waals surface area contributed by atoms with Crippen LogP contribution >= 0.6 is 11.6 Å². The van der Waals surface area contributed by atoms with Gasteiger partial charge in [0.05, 0.1) is 0 Å². The minimum Gasteiger partial charge on any atom is -0.381 e. The molecule has 0 aliphatic carbocycles. The molecule has 2 aromatic rings. The molecule has 0 spiro atoms. The summed E-state index contributed by atoms with van der Waals surface area (Å²) in [6, 6.07) is 14.3. The molecule has 0 aromatic heterocycles. The highest BCUT2D eigenvalue weighted by Gasteiger charge is 2.15. The first kappa shape index (κ1) is 16.1. The van der Waals surface area contributed by atoms with Gasteiger partial charge in [-0.1, -0.05) is 29.8 Å². The van der Waals surface area contributed by atoms with Crippen molar-refractivity contribution in [2.75, 3.05) is 36.4 Å². The normalized spacial score (nSPS) is 14.8. The van der Waals surface area contributed by atoms with Gasteiger partial charge in [0.25, 0.3) is 0 Å². The SMILES string of the molecule is NCc1c(NCc2cccc(Cl)c2)cccc1N1CCNCC1. The van der Waals surface area contributed by atoms with Gasteiger partial charge in [0.15, 0.2) is 0 Å². The van der Waals surface area contributed by atoms with Crippen LogP contribution < -0.4 is 21.3 Å². The lowest BCUT2D eigenvalue weighted by atomic mass is 10.1.